The van der Waals surface area contributed by atoms with Crippen molar-refractivity contribution in [2.24, 2.45) is 0 Å². The van der Waals surface area contributed by atoms with Crippen LogP contribution in [-0.4, -0.2) is 60.9 Å². The van der Waals surface area contributed by atoms with Crippen molar-refractivity contribution in [3.05, 3.63) is 70.8 Å². The molecular weight excluding hydrogens is 392 g/mol. The molecule has 0 saturated carbocycles. The van der Waals surface area contributed by atoms with E-state index in [1.54, 1.807) is 29.2 Å². The second-order valence-corrected chi connectivity index (χ2v) is 8.35. The van der Waals surface area contributed by atoms with Crippen molar-refractivity contribution in [3.8, 4) is 5.75 Å². The molecule has 3 rings (SSSR count). The minimum atomic E-state index is -0.669. The summed E-state index contributed by atoms with van der Waals surface area (Å²) in [6.45, 7) is 5.21. The van der Waals surface area contributed by atoms with Crippen molar-refractivity contribution in [3.63, 3.8) is 0 Å². The highest BCUT2D eigenvalue weighted by atomic mass is 16.5. The lowest BCUT2D eigenvalue weighted by Crippen LogP contribution is -2.35. The third-order valence-electron chi connectivity index (χ3n) is 5.59. The summed E-state index contributed by atoms with van der Waals surface area (Å²) in [4.78, 5) is 29.5. The summed E-state index contributed by atoms with van der Waals surface area (Å²) >= 11 is 0. The molecule has 1 atom stereocenters. The van der Waals surface area contributed by atoms with E-state index < -0.39 is 17.7 Å². The van der Waals surface area contributed by atoms with Gasteiger partial charge in [-0.1, -0.05) is 50.2 Å². The number of aliphatic hydroxyl groups excluding tert-OH is 1. The molecule has 1 fully saturated rings. The molecule has 0 radical (unpaired) electrons. The van der Waals surface area contributed by atoms with Gasteiger partial charge in [-0.25, -0.2) is 0 Å². The molecule has 1 N–H and O–H groups in total. The number of ketones is 1. The third-order valence-corrected chi connectivity index (χ3v) is 5.59. The Morgan fingerprint density at radius 2 is 1.81 bits per heavy atom. The summed E-state index contributed by atoms with van der Waals surface area (Å²) in [5.41, 5.74) is 2.51. The van der Waals surface area contributed by atoms with Crippen LogP contribution in [0, 0.1) is 0 Å². The topological polar surface area (TPSA) is 70.1 Å². The molecule has 1 aliphatic heterocycles. The number of Topliss-reactive ketones (excluding diaryl/α,β-unsaturated/α-hetero) is 1. The molecule has 0 bridgehead atoms. The number of nitrogens with zero attached hydrogens (tertiary/aromatic N) is 2. The Balaban J connectivity index is 2.13. The SMILES string of the molecule is COc1cccc(/C(O)=C2\C(=O)C(=O)N(CCN(C)C)[C@@H]2c2ccc(C(C)C)cc2)c1. The first-order chi connectivity index (χ1) is 14.7. The lowest BCUT2D eigenvalue weighted by atomic mass is 9.93. The summed E-state index contributed by atoms with van der Waals surface area (Å²) in [6, 6.07) is 14.1. The lowest BCUT2D eigenvalue weighted by molar-refractivity contribution is -0.140. The first-order valence-electron chi connectivity index (χ1n) is 10.4. The fraction of sp³-hybridized carbons (Fsp3) is 0.360. The Morgan fingerprint density at radius 1 is 1.13 bits per heavy atom. The summed E-state index contributed by atoms with van der Waals surface area (Å²) in [7, 11) is 5.37. The number of methoxy groups -OCH3 is 1. The van der Waals surface area contributed by atoms with Gasteiger partial charge in [0.2, 0.25) is 0 Å². The summed E-state index contributed by atoms with van der Waals surface area (Å²) < 4.78 is 5.25. The second kappa shape index (κ2) is 9.35. The molecule has 1 heterocycles. The Morgan fingerprint density at radius 3 is 2.39 bits per heavy atom. The van der Waals surface area contributed by atoms with Gasteiger partial charge in [-0.05, 0) is 43.3 Å². The van der Waals surface area contributed by atoms with E-state index in [0.29, 0.717) is 30.3 Å². The van der Waals surface area contributed by atoms with Crippen molar-refractivity contribution >= 4 is 17.4 Å². The fourth-order valence-corrected chi connectivity index (χ4v) is 3.75. The summed E-state index contributed by atoms with van der Waals surface area (Å²) in [5.74, 6) is -0.529. The Bertz CT molecular complexity index is 993. The van der Waals surface area contributed by atoms with Crippen LogP contribution < -0.4 is 4.74 Å². The van der Waals surface area contributed by atoms with Gasteiger partial charge in [0.15, 0.2) is 0 Å². The number of amides is 1. The number of carbonyl (C=O) groups is 2. The van der Waals surface area contributed by atoms with Crippen LogP contribution in [-0.2, 0) is 9.59 Å². The fourth-order valence-electron chi connectivity index (χ4n) is 3.75. The van der Waals surface area contributed by atoms with Crippen molar-refractivity contribution < 1.29 is 19.4 Å². The van der Waals surface area contributed by atoms with Gasteiger partial charge in [0.1, 0.15) is 11.5 Å². The molecule has 1 aliphatic rings. The second-order valence-electron chi connectivity index (χ2n) is 8.35. The lowest BCUT2D eigenvalue weighted by Gasteiger charge is -2.27. The van der Waals surface area contributed by atoms with Gasteiger partial charge >= 0.3 is 0 Å². The molecule has 2 aromatic carbocycles. The number of carbonyl (C=O) groups excluding carboxylic acids is 2. The average Bonchev–Trinajstić information content (AvgIpc) is 3.01. The minimum Gasteiger partial charge on any atom is -0.507 e. The van der Waals surface area contributed by atoms with Crippen LogP contribution in [0.15, 0.2) is 54.1 Å². The van der Waals surface area contributed by atoms with E-state index in [0.717, 1.165) is 5.56 Å². The maximum atomic E-state index is 13.0. The zero-order chi connectivity index (χ0) is 22.7. The monoisotopic (exact) mass is 422 g/mol. The van der Waals surface area contributed by atoms with Gasteiger partial charge in [0.05, 0.1) is 18.7 Å². The zero-order valence-corrected chi connectivity index (χ0v) is 18.8. The largest absolute Gasteiger partial charge is 0.507 e. The third kappa shape index (κ3) is 4.64. The first kappa shape index (κ1) is 22.6. The van der Waals surface area contributed by atoms with Gasteiger partial charge in [-0.2, -0.15) is 0 Å². The molecule has 1 amide bonds. The molecule has 6 heteroatoms. The summed E-state index contributed by atoms with van der Waals surface area (Å²) in [6.07, 6.45) is 0. The van der Waals surface area contributed by atoms with Gasteiger partial charge in [-0.3, -0.25) is 9.59 Å². The molecule has 0 spiro atoms. The van der Waals surface area contributed by atoms with Crippen LogP contribution in [0.4, 0.5) is 0 Å². The number of ether oxygens (including phenoxy) is 1. The van der Waals surface area contributed by atoms with E-state index in [-0.39, 0.29) is 11.3 Å². The van der Waals surface area contributed by atoms with E-state index in [2.05, 4.69) is 13.8 Å². The number of likely N-dealkylation sites (tertiary alicyclic amines) is 1. The maximum Gasteiger partial charge on any atom is 0.295 e. The highest BCUT2D eigenvalue weighted by Gasteiger charge is 2.45. The number of hydrogen-bond donors (Lipinski definition) is 1. The van der Waals surface area contributed by atoms with Crippen LogP contribution in [0.25, 0.3) is 5.76 Å². The van der Waals surface area contributed by atoms with Crippen molar-refractivity contribution in [1.29, 1.82) is 0 Å². The van der Waals surface area contributed by atoms with Crippen molar-refractivity contribution in [2.45, 2.75) is 25.8 Å². The number of likely N-dealkylation sites (N-methyl/N-ethyl adjacent to an activating group) is 1. The molecular formula is C25H30N2O4. The van der Waals surface area contributed by atoms with E-state index in [1.807, 2.05) is 43.3 Å². The molecule has 2 aromatic rings. The molecule has 0 unspecified atom stereocenters. The molecule has 31 heavy (non-hydrogen) atoms. The van der Waals surface area contributed by atoms with Crippen LogP contribution in [0.3, 0.4) is 0 Å². The quantitative estimate of drug-likeness (QED) is 0.418. The van der Waals surface area contributed by atoms with Gasteiger partial charge in [-0.15, -0.1) is 0 Å². The van der Waals surface area contributed by atoms with Crippen molar-refractivity contribution in [1.82, 2.24) is 9.80 Å². The van der Waals surface area contributed by atoms with Crippen LogP contribution in [0.2, 0.25) is 0 Å². The number of rotatable bonds is 7. The average molecular weight is 423 g/mol. The van der Waals surface area contributed by atoms with E-state index >= 15 is 0 Å². The molecule has 164 valence electrons. The van der Waals surface area contributed by atoms with Crippen LogP contribution >= 0.6 is 0 Å². The maximum absolute atomic E-state index is 13.0. The Labute approximate surface area is 183 Å². The van der Waals surface area contributed by atoms with Gasteiger partial charge in [0.25, 0.3) is 11.7 Å². The number of hydrogen-bond acceptors (Lipinski definition) is 5. The molecule has 0 aromatic heterocycles. The molecule has 1 saturated heterocycles. The standard InChI is InChI=1S/C25H30N2O4/c1-16(2)17-9-11-18(12-10-17)22-21(23(28)19-7-6-8-20(15-19)31-5)24(29)25(30)27(22)14-13-26(3)4/h6-12,15-16,22,28H,13-14H2,1-5H3/b23-21+/t22-/m1/s1. The minimum absolute atomic E-state index is 0.106. The first-order valence-corrected chi connectivity index (χ1v) is 10.4. The van der Waals surface area contributed by atoms with E-state index in [4.69, 9.17) is 4.74 Å². The number of benzene rings is 2. The summed E-state index contributed by atoms with van der Waals surface area (Å²) in [5, 5.41) is 11.1. The highest BCUT2D eigenvalue weighted by Crippen LogP contribution is 2.39. The molecule has 0 aliphatic carbocycles. The predicted octanol–water partition coefficient (Wildman–Crippen LogP) is 3.80. The van der Waals surface area contributed by atoms with E-state index in [9.17, 15) is 14.7 Å². The van der Waals surface area contributed by atoms with E-state index in [1.165, 1.54) is 12.7 Å². The van der Waals surface area contributed by atoms with Crippen LogP contribution in [0.1, 0.15) is 42.5 Å². The Hall–Kier alpha value is -3.12. The normalized spacial score (nSPS) is 18.3. The zero-order valence-electron chi connectivity index (χ0n) is 18.8. The highest BCUT2D eigenvalue weighted by molar-refractivity contribution is 6.46. The van der Waals surface area contributed by atoms with Gasteiger partial charge < -0.3 is 19.6 Å². The van der Waals surface area contributed by atoms with Gasteiger partial charge in [0, 0.05) is 18.7 Å². The smallest absolute Gasteiger partial charge is 0.295 e. The Kier molecular flexibility index (Phi) is 6.81. The number of aliphatic hydroxyl groups is 1. The molecule has 6 nitrogen and oxygen atoms in total. The predicted molar refractivity (Wildman–Crippen MR) is 121 cm³/mol. The van der Waals surface area contributed by atoms with Crippen molar-refractivity contribution in [2.75, 3.05) is 34.3 Å². The van der Waals surface area contributed by atoms with Crippen LogP contribution in [0.5, 0.6) is 5.75 Å².